The molecule has 5 nitrogen and oxygen atoms in total. The SMILES string of the molecule is CCO[C@H]1OC(C(=O)N2CC2)=C[C@@H](C2CCC2)[C@H]1CCCO. The lowest BCUT2D eigenvalue weighted by Crippen LogP contribution is -2.42. The number of hydrogen-bond acceptors (Lipinski definition) is 4. The van der Waals surface area contributed by atoms with E-state index in [2.05, 4.69) is 6.08 Å². The molecule has 1 aliphatic carbocycles. The fourth-order valence-electron chi connectivity index (χ4n) is 3.55. The van der Waals surface area contributed by atoms with E-state index in [1.807, 2.05) is 6.92 Å². The predicted octanol–water partition coefficient (Wildman–Crippen LogP) is 1.91. The molecule has 1 saturated carbocycles. The number of carbonyl (C=O) groups excluding carboxylic acids is 1. The smallest absolute Gasteiger partial charge is 0.288 e. The number of ether oxygens (including phenoxy) is 2. The Labute approximate surface area is 132 Å². The molecule has 22 heavy (non-hydrogen) atoms. The lowest BCUT2D eigenvalue weighted by atomic mass is 9.68. The standard InChI is InChI=1S/C17H27NO4/c1-2-21-17-13(7-4-10-19)14(12-5-3-6-12)11-15(22-17)16(20)18-8-9-18/h11-14,17,19H,2-10H2,1H3/t13-,14+,17+/m1/s1. The molecule has 1 saturated heterocycles. The molecule has 1 amide bonds. The Balaban J connectivity index is 1.80. The van der Waals surface area contributed by atoms with E-state index in [1.165, 1.54) is 19.3 Å². The number of amides is 1. The van der Waals surface area contributed by atoms with Gasteiger partial charge in [-0.05, 0) is 50.5 Å². The number of allylic oxidation sites excluding steroid dienone is 1. The van der Waals surface area contributed by atoms with E-state index in [9.17, 15) is 9.90 Å². The monoisotopic (exact) mass is 309 g/mol. The molecular formula is C17H27NO4. The van der Waals surface area contributed by atoms with Crippen LogP contribution in [0.4, 0.5) is 0 Å². The fourth-order valence-corrected chi connectivity index (χ4v) is 3.55. The number of carbonyl (C=O) groups is 1. The van der Waals surface area contributed by atoms with Crippen LogP contribution in [0.1, 0.15) is 39.0 Å². The second kappa shape index (κ2) is 7.01. The van der Waals surface area contributed by atoms with Crippen LogP contribution in [0.15, 0.2) is 11.8 Å². The van der Waals surface area contributed by atoms with Gasteiger partial charge in [-0.2, -0.15) is 0 Å². The molecule has 1 N–H and O–H groups in total. The first kappa shape index (κ1) is 15.8. The van der Waals surface area contributed by atoms with E-state index in [1.54, 1.807) is 4.90 Å². The summed E-state index contributed by atoms with van der Waals surface area (Å²) in [4.78, 5) is 14.1. The average molecular weight is 309 g/mol. The van der Waals surface area contributed by atoms with Crippen molar-refractivity contribution in [3.8, 4) is 0 Å². The molecule has 0 radical (unpaired) electrons. The van der Waals surface area contributed by atoms with E-state index < -0.39 is 0 Å². The molecule has 0 unspecified atom stereocenters. The molecule has 2 heterocycles. The van der Waals surface area contributed by atoms with Crippen molar-refractivity contribution in [1.29, 1.82) is 0 Å². The van der Waals surface area contributed by atoms with Gasteiger partial charge in [-0.15, -0.1) is 0 Å². The molecule has 0 bridgehead atoms. The van der Waals surface area contributed by atoms with Gasteiger partial charge in [-0.25, -0.2) is 0 Å². The zero-order chi connectivity index (χ0) is 15.5. The van der Waals surface area contributed by atoms with E-state index in [-0.39, 0.29) is 24.7 Å². The van der Waals surface area contributed by atoms with Gasteiger partial charge >= 0.3 is 0 Å². The fraction of sp³-hybridized carbons (Fsp3) is 0.824. The minimum atomic E-state index is -0.356. The first-order valence-corrected chi connectivity index (χ1v) is 8.64. The molecule has 3 rings (SSSR count). The van der Waals surface area contributed by atoms with Crippen LogP contribution in [0, 0.1) is 17.8 Å². The van der Waals surface area contributed by atoms with Gasteiger partial charge in [0.1, 0.15) is 0 Å². The van der Waals surface area contributed by atoms with Crippen molar-refractivity contribution >= 4 is 5.91 Å². The summed E-state index contributed by atoms with van der Waals surface area (Å²) in [5.41, 5.74) is 0. The van der Waals surface area contributed by atoms with Crippen molar-refractivity contribution in [1.82, 2.24) is 4.90 Å². The van der Waals surface area contributed by atoms with Crippen LogP contribution in [-0.2, 0) is 14.3 Å². The van der Waals surface area contributed by atoms with Gasteiger partial charge < -0.3 is 19.5 Å². The molecule has 0 aromatic carbocycles. The van der Waals surface area contributed by atoms with E-state index in [0.717, 1.165) is 25.9 Å². The van der Waals surface area contributed by atoms with Crippen molar-refractivity contribution in [3.63, 3.8) is 0 Å². The average Bonchev–Trinajstić information content (AvgIpc) is 3.28. The van der Waals surface area contributed by atoms with Crippen LogP contribution in [0.2, 0.25) is 0 Å². The van der Waals surface area contributed by atoms with Crippen LogP contribution < -0.4 is 0 Å². The topological polar surface area (TPSA) is 58.8 Å². The minimum Gasteiger partial charge on any atom is -0.459 e. The summed E-state index contributed by atoms with van der Waals surface area (Å²) in [7, 11) is 0. The molecule has 2 aliphatic heterocycles. The number of rotatable bonds is 7. The van der Waals surface area contributed by atoms with E-state index in [0.29, 0.717) is 24.2 Å². The summed E-state index contributed by atoms with van der Waals surface area (Å²) in [6.07, 6.45) is 7.06. The van der Waals surface area contributed by atoms with E-state index >= 15 is 0 Å². The Morgan fingerprint density at radius 1 is 1.45 bits per heavy atom. The first-order valence-electron chi connectivity index (χ1n) is 8.64. The lowest BCUT2D eigenvalue weighted by Gasteiger charge is -2.43. The Kier molecular flexibility index (Phi) is 5.03. The summed E-state index contributed by atoms with van der Waals surface area (Å²) in [5.74, 6) is 1.70. The largest absolute Gasteiger partial charge is 0.459 e. The summed E-state index contributed by atoms with van der Waals surface area (Å²) in [5, 5.41) is 9.17. The molecule has 0 spiro atoms. The quantitative estimate of drug-likeness (QED) is 0.730. The third kappa shape index (κ3) is 3.30. The lowest BCUT2D eigenvalue weighted by molar-refractivity contribution is -0.179. The maximum Gasteiger partial charge on any atom is 0.288 e. The normalized spacial score (nSPS) is 31.3. The van der Waals surface area contributed by atoms with Gasteiger partial charge in [0, 0.05) is 32.2 Å². The van der Waals surface area contributed by atoms with Gasteiger partial charge in [-0.1, -0.05) is 6.42 Å². The highest BCUT2D eigenvalue weighted by Gasteiger charge is 2.43. The van der Waals surface area contributed by atoms with Crippen molar-refractivity contribution in [2.24, 2.45) is 17.8 Å². The first-order chi connectivity index (χ1) is 10.7. The van der Waals surface area contributed by atoms with Crippen molar-refractivity contribution in [2.75, 3.05) is 26.3 Å². The van der Waals surface area contributed by atoms with Crippen molar-refractivity contribution in [3.05, 3.63) is 11.8 Å². The highest BCUT2D eigenvalue weighted by Crippen LogP contribution is 2.44. The zero-order valence-corrected chi connectivity index (χ0v) is 13.4. The molecule has 5 heteroatoms. The van der Waals surface area contributed by atoms with Gasteiger partial charge in [0.15, 0.2) is 5.76 Å². The molecule has 124 valence electrons. The molecule has 2 fully saturated rings. The second-order valence-electron chi connectivity index (χ2n) is 6.56. The number of nitrogens with zero attached hydrogens (tertiary/aromatic N) is 1. The maximum absolute atomic E-state index is 12.3. The van der Waals surface area contributed by atoms with Crippen molar-refractivity contribution < 1.29 is 19.4 Å². The van der Waals surface area contributed by atoms with Crippen LogP contribution in [0.25, 0.3) is 0 Å². The molecule has 0 aromatic rings. The molecule has 3 aliphatic rings. The third-order valence-electron chi connectivity index (χ3n) is 5.10. The summed E-state index contributed by atoms with van der Waals surface area (Å²) in [6, 6.07) is 0. The van der Waals surface area contributed by atoms with Crippen LogP contribution in [-0.4, -0.2) is 48.5 Å². The predicted molar refractivity (Wildman–Crippen MR) is 81.8 cm³/mol. The summed E-state index contributed by atoms with van der Waals surface area (Å²) >= 11 is 0. The Morgan fingerprint density at radius 3 is 2.77 bits per heavy atom. The molecule has 3 atom stereocenters. The minimum absolute atomic E-state index is 0.00892. The number of aliphatic hydroxyl groups excluding tert-OH is 1. The van der Waals surface area contributed by atoms with Crippen molar-refractivity contribution in [2.45, 2.75) is 45.3 Å². The Morgan fingerprint density at radius 2 is 2.23 bits per heavy atom. The van der Waals surface area contributed by atoms with E-state index in [4.69, 9.17) is 9.47 Å². The molecular weight excluding hydrogens is 282 g/mol. The Bertz CT molecular complexity index is 428. The summed E-state index contributed by atoms with van der Waals surface area (Å²) in [6.45, 7) is 4.38. The Hall–Kier alpha value is -1.07. The van der Waals surface area contributed by atoms with Crippen LogP contribution >= 0.6 is 0 Å². The van der Waals surface area contributed by atoms with Gasteiger partial charge in [0.25, 0.3) is 5.91 Å². The molecule has 0 aromatic heterocycles. The van der Waals surface area contributed by atoms with Crippen LogP contribution in [0.3, 0.4) is 0 Å². The number of aliphatic hydroxyl groups is 1. The van der Waals surface area contributed by atoms with Gasteiger partial charge in [0.2, 0.25) is 6.29 Å². The zero-order valence-electron chi connectivity index (χ0n) is 13.4. The van der Waals surface area contributed by atoms with Crippen LogP contribution in [0.5, 0.6) is 0 Å². The highest BCUT2D eigenvalue weighted by atomic mass is 16.7. The second-order valence-corrected chi connectivity index (χ2v) is 6.56. The summed E-state index contributed by atoms with van der Waals surface area (Å²) < 4.78 is 11.7. The van der Waals surface area contributed by atoms with Gasteiger partial charge in [-0.3, -0.25) is 4.79 Å². The third-order valence-corrected chi connectivity index (χ3v) is 5.10. The number of hydrogen-bond donors (Lipinski definition) is 1. The highest BCUT2D eigenvalue weighted by molar-refractivity contribution is 5.93. The maximum atomic E-state index is 12.3. The van der Waals surface area contributed by atoms with Gasteiger partial charge in [0.05, 0.1) is 0 Å².